The van der Waals surface area contributed by atoms with Crippen molar-refractivity contribution < 1.29 is 13.9 Å². The predicted octanol–water partition coefficient (Wildman–Crippen LogP) is 5.99. The van der Waals surface area contributed by atoms with E-state index in [4.69, 9.17) is 32.0 Å². The number of nitrogen functional groups attached to an aromatic ring is 1. The molecule has 0 aliphatic carbocycles. The number of fused-ring (bicyclic) bond motifs is 4. The molecular formula is C34H38ClFN8O2S. The third kappa shape index (κ3) is 5.15. The van der Waals surface area contributed by atoms with Crippen molar-refractivity contribution in [2.75, 3.05) is 49.7 Å². The topological polar surface area (TPSA) is 124 Å². The molecule has 0 unspecified atom stereocenters. The zero-order chi connectivity index (χ0) is 33.3. The van der Waals surface area contributed by atoms with E-state index in [-0.39, 0.29) is 29.7 Å². The Hall–Kier alpha value is -3.76. The molecule has 3 N–H and O–H groups in total. The van der Waals surface area contributed by atoms with Crippen molar-refractivity contribution in [2.45, 2.75) is 65.0 Å². The van der Waals surface area contributed by atoms with Gasteiger partial charge in [-0.1, -0.05) is 24.6 Å². The summed E-state index contributed by atoms with van der Waals surface area (Å²) < 4.78 is 21.4. The smallest absolute Gasteiger partial charge is 0.244 e. The van der Waals surface area contributed by atoms with Crippen LogP contribution in [0.2, 0.25) is 5.02 Å². The van der Waals surface area contributed by atoms with Gasteiger partial charge in [0.05, 0.1) is 39.4 Å². The van der Waals surface area contributed by atoms with Gasteiger partial charge in [0, 0.05) is 49.7 Å². The number of nitrogens with two attached hydrogens (primary N) is 1. The van der Waals surface area contributed by atoms with Crippen LogP contribution in [-0.4, -0.2) is 77.5 Å². The summed E-state index contributed by atoms with van der Waals surface area (Å²) in [5.74, 6) is 1.00. The Morgan fingerprint density at radius 3 is 2.74 bits per heavy atom. The molecule has 246 valence electrons. The highest BCUT2D eigenvalue weighted by Gasteiger charge is 2.37. The van der Waals surface area contributed by atoms with Crippen LogP contribution in [0.5, 0.6) is 0 Å². The molecule has 7 rings (SSSR count). The summed E-state index contributed by atoms with van der Waals surface area (Å²) in [7, 11) is 3.97. The van der Waals surface area contributed by atoms with E-state index >= 15 is 4.39 Å². The molecule has 0 radical (unpaired) electrons. The van der Waals surface area contributed by atoms with Crippen LogP contribution < -0.4 is 16.0 Å². The van der Waals surface area contributed by atoms with Gasteiger partial charge in [-0.2, -0.15) is 10.2 Å². The van der Waals surface area contributed by atoms with Gasteiger partial charge in [-0.3, -0.25) is 9.69 Å². The number of carbonyl (C=O) groups is 1. The molecule has 5 heterocycles. The molecule has 3 atom stereocenters. The molecule has 0 spiro atoms. The highest BCUT2D eigenvalue weighted by Crippen LogP contribution is 2.49. The van der Waals surface area contributed by atoms with E-state index in [0.717, 1.165) is 42.0 Å². The van der Waals surface area contributed by atoms with Crippen LogP contribution in [0.3, 0.4) is 0 Å². The van der Waals surface area contributed by atoms with Crippen LogP contribution in [0.4, 0.5) is 21.2 Å². The second-order valence-corrected chi connectivity index (χ2v) is 14.7. The van der Waals surface area contributed by atoms with Gasteiger partial charge in [-0.15, -0.1) is 11.3 Å². The number of nitrogens with one attached hydrogen (secondary N) is 1. The van der Waals surface area contributed by atoms with Crippen molar-refractivity contribution in [3.05, 3.63) is 39.7 Å². The molecule has 2 aromatic heterocycles. The zero-order valence-corrected chi connectivity index (χ0v) is 28.7. The number of amides is 1. The van der Waals surface area contributed by atoms with E-state index in [1.54, 1.807) is 11.0 Å². The van der Waals surface area contributed by atoms with Crippen LogP contribution in [0.1, 0.15) is 50.3 Å². The van der Waals surface area contributed by atoms with E-state index in [1.165, 1.54) is 6.07 Å². The summed E-state index contributed by atoms with van der Waals surface area (Å²) in [6.45, 7) is 9.39. The van der Waals surface area contributed by atoms with Crippen molar-refractivity contribution in [1.29, 1.82) is 5.26 Å². The lowest BCUT2D eigenvalue weighted by Gasteiger charge is -2.31. The largest absolute Gasteiger partial charge is 0.389 e. The van der Waals surface area contributed by atoms with Gasteiger partial charge in [-0.25, -0.2) is 9.37 Å². The maximum Gasteiger partial charge on any atom is 0.244 e. The van der Waals surface area contributed by atoms with Crippen molar-refractivity contribution in [1.82, 2.24) is 19.8 Å². The number of ether oxygens (including phenoxy) is 1. The van der Waals surface area contributed by atoms with Crippen molar-refractivity contribution in [3.8, 4) is 17.2 Å². The maximum atomic E-state index is 15.1. The van der Waals surface area contributed by atoms with E-state index < -0.39 is 11.9 Å². The summed E-state index contributed by atoms with van der Waals surface area (Å²) in [4.78, 5) is 29.9. The first kappa shape index (κ1) is 31.8. The first-order valence-electron chi connectivity index (χ1n) is 16.0. The number of rotatable bonds is 6. The van der Waals surface area contributed by atoms with Crippen LogP contribution in [0, 0.1) is 23.1 Å². The monoisotopic (exact) mass is 676 g/mol. The van der Waals surface area contributed by atoms with Crippen LogP contribution in [0.25, 0.3) is 32.1 Å². The number of hydrogen-bond donors (Lipinski definition) is 2. The van der Waals surface area contributed by atoms with Gasteiger partial charge in [0.15, 0.2) is 0 Å². The number of thiophene rings is 1. The fourth-order valence-electron chi connectivity index (χ4n) is 7.41. The lowest BCUT2D eigenvalue weighted by Crippen LogP contribution is -2.45. The Kier molecular flexibility index (Phi) is 8.15. The first-order chi connectivity index (χ1) is 22.5. The molecule has 13 heteroatoms. The Morgan fingerprint density at radius 2 is 2.00 bits per heavy atom. The number of anilines is 3. The van der Waals surface area contributed by atoms with E-state index in [1.807, 2.05) is 7.05 Å². The number of benzene rings is 2. The van der Waals surface area contributed by atoms with Gasteiger partial charge in [-0.05, 0) is 62.4 Å². The fraction of sp³-hybridized carbons (Fsp3) is 0.471. The summed E-state index contributed by atoms with van der Waals surface area (Å²) in [5.41, 5.74) is 9.87. The Labute approximate surface area is 282 Å². The SMILES string of the molecule is CC(C)N(C)[C@H]1CN(c2nc(N[C@@H]3CCCN(C)C3=O)c3c4c(c(-c5ccc(F)c6sc(N)c(C#N)c56)c(Cl)c3n2)COC4)C[C@@H]1C. The Bertz CT molecular complexity index is 1980. The number of likely N-dealkylation sites (N-methyl/N-ethyl adjacent to an activating group) is 2. The average molecular weight is 677 g/mol. The van der Waals surface area contributed by atoms with Crippen LogP contribution in [-0.2, 0) is 22.7 Å². The molecule has 1 amide bonds. The van der Waals surface area contributed by atoms with Gasteiger partial charge in [0.2, 0.25) is 11.9 Å². The molecule has 2 fully saturated rings. The fourth-order valence-corrected chi connectivity index (χ4v) is 8.71. The molecule has 10 nitrogen and oxygen atoms in total. The lowest BCUT2D eigenvalue weighted by molar-refractivity contribution is -0.132. The number of nitriles is 1. The van der Waals surface area contributed by atoms with Gasteiger partial charge in [0.1, 0.15) is 28.7 Å². The molecule has 3 aliphatic rings. The van der Waals surface area contributed by atoms with Crippen molar-refractivity contribution in [3.63, 3.8) is 0 Å². The number of piperidine rings is 1. The predicted molar refractivity (Wildman–Crippen MR) is 185 cm³/mol. The molecule has 2 aromatic carbocycles. The third-order valence-corrected chi connectivity index (χ3v) is 11.5. The quantitative estimate of drug-likeness (QED) is 0.254. The van der Waals surface area contributed by atoms with Crippen molar-refractivity contribution >= 4 is 66.6 Å². The lowest BCUT2D eigenvalue weighted by atomic mass is 9.91. The first-order valence-corrected chi connectivity index (χ1v) is 17.2. The number of nitrogens with zero attached hydrogens (tertiary/aromatic N) is 6. The third-order valence-electron chi connectivity index (χ3n) is 10.1. The van der Waals surface area contributed by atoms with E-state index in [0.29, 0.717) is 79.9 Å². The Morgan fingerprint density at radius 1 is 1.23 bits per heavy atom. The number of halogens is 2. The van der Waals surface area contributed by atoms with Crippen LogP contribution >= 0.6 is 22.9 Å². The normalized spacial score (nSPS) is 21.4. The molecule has 0 saturated carbocycles. The number of carbonyl (C=O) groups excluding carboxylic acids is 1. The summed E-state index contributed by atoms with van der Waals surface area (Å²) >= 11 is 8.47. The average Bonchev–Trinajstić information content (AvgIpc) is 3.77. The van der Waals surface area contributed by atoms with E-state index in [9.17, 15) is 10.1 Å². The molecular weight excluding hydrogens is 639 g/mol. The molecule has 0 bridgehead atoms. The standard InChI is InChI=1S/C34H38ClFN8O2S/c1-16(2)43(5)24-13-44(12-17(24)3)34-40-29-27(32(41-34)39-23-7-6-10-42(4)33(23)45)21-15-46-14-20(21)25(28(29)35)18-8-9-22(36)30-26(18)19(11-37)31(38)47-30/h8-9,16-17,23-24H,6-7,10,12-15,38H2,1-5H3,(H,39,40,41)/t17-,23+,24-/m0/s1. The van der Waals surface area contributed by atoms with Gasteiger partial charge in [0.25, 0.3) is 0 Å². The minimum absolute atomic E-state index is 0.0152. The van der Waals surface area contributed by atoms with Crippen LogP contribution in [0.15, 0.2) is 12.1 Å². The van der Waals surface area contributed by atoms with Gasteiger partial charge < -0.3 is 25.6 Å². The summed E-state index contributed by atoms with van der Waals surface area (Å²) in [6, 6.07) is 5.45. The minimum Gasteiger partial charge on any atom is -0.389 e. The van der Waals surface area contributed by atoms with Gasteiger partial charge >= 0.3 is 0 Å². The molecule has 3 aliphatic heterocycles. The summed E-state index contributed by atoms with van der Waals surface area (Å²) in [6.07, 6.45) is 1.56. The number of aromatic nitrogens is 2. The molecule has 4 aromatic rings. The van der Waals surface area contributed by atoms with Crippen molar-refractivity contribution in [2.24, 2.45) is 5.92 Å². The minimum atomic E-state index is -0.450. The second kappa shape index (κ2) is 12.0. The maximum absolute atomic E-state index is 15.1. The number of likely N-dealkylation sites (tertiary alicyclic amines) is 1. The molecule has 47 heavy (non-hydrogen) atoms. The highest BCUT2D eigenvalue weighted by atomic mass is 35.5. The van der Waals surface area contributed by atoms with E-state index in [2.05, 4.69) is 49.0 Å². The summed E-state index contributed by atoms with van der Waals surface area (Å²) in [5, 5.41) is 15.3. The highest BCUT2D eigenvalue weighted by molar-refractivity contribution is 7.23. The Balaban J connectivity index is 1.47. The number of hydrogen-bond acceptors (Lipinski definition) is 10. The second-order valence-electron chi connectivity index (χ2n) is 13.3. The molecule has 2 saturated heterocycles. The zero-order valence-electron chi connectivity index (χ0n) is 27.2.